The second kappa shape index (κ2) is 19.7. The molecule has 4 bridgehead atoms. The van der Waals surface area contributed by atoms with Crippen molar-refractivity contribution >= 4 is 23.6 Å². The van der Waals surface area contributed by atoms with Crippen molar-refractivity contribution < 1.29 is 67.3 Å². The molecule has 4 saturated heterocycles. The molecule has 0 spiro atoms. The minimum Gasteiger partial charge on any atom is -0.491 e. The molecule has 2 N–H and O–H groups in total. The first-order chi connectivity index (χ1) is 32.3. The lowest BCUT2D eigenvalue weighted by Crippen LogP contribution is -2.46. The standard InChI is InChI=1S/C52H68N2O14/c1-31(23-49(3,4)28-54-46(58)42-40-18-21-52(68-40,44(42)48(54)60)30-63-25-35(55)24-61-7)19-22-53-45(57)41-39-17-20-51(67-39,43(41)47(53)59)29-64-26-36(56)27-65-37-13-9-33(10-14-37)50(5,6)34-11-15-38(16-12-34)66-32(2)62-8/h9-18,20-21,31-32,35-36,39-44,55-56H,19,22-30H2,1-8H3. The van der Waals surface area contributed by atoms with Crippen LogP contribution in [0.2, 0.25) is 0 Å². The first-order valence-corrected chi connectivity index (χ1v) is 23.8. The smallest absolute Gasteiger partial charge is 0.236 e. The van der Waals surface area contributed by atoms with Crippen molar-refractivity contribution in [3.05, 3.63) is 84.0 Å². The van der Waals surface area contributed by atoms with Crippen molar-refractivity contribution in [2.45, 2.75) is 102 Å². The lowest BCUT2D eigenvalue weighted by atomic mass is 9.77. The van der Waals surface area contributed by atoms with E-state index in [0.717, 1.165) is 16.9 Å². The number of carbonyl (C=O) groups is 4. The van der Waals surface area contributed by atoms with Crippen LogP contribution in [0.1, 0.15) is 65.5 Å². The van der Waals surface area contributed by atoms with Crippen LogP contribution in [0.15, 0.2) is 72.8 Å². The van der Waals surface area contributed by atoms with Gasteiger partial charge in [0.2, 0.25) is 23.6 Å². The minimum atomic E-state index is -1.12. The van der Waals surface area contributed by atoms with Gasteiger partial charge in [0.1, 0.15) is 41.5 Å². The molecule has 370 valence electrons. The summed E-state index contributed by atoms with van der Waals surface area (Å²) in [6.45, 7) is 12.7. The summed E-state index contributed by atoms with van der Waals surface area (Å²) < 4.78 is 46.0. The summed E-state index contributed by atoms with van der Waals surface area (Å²) in [5, 5.41) is 20.9. The molecular weight excluding hydrogens is 877 g/mol. The summed E-state index contributed by atoms with van der Waals surface area (Å²) in [6, 6.07) is 15.7. The van der Waals surface area contributed by atoms with Gasteiger partial charge in [-0.3, -0.25) is 29.0 Å². The zero-order chi connectivity index (χ0) is 48.8. The van der Waals surface area contributed by atoms with Crippen molar-refractivity contribution in [1.82, 2.24) is 9.80 Å². The lowest BCUT2D eigenvalue weighted by molar-refractivity contribution is -0.149. The monoisotopic (exact) mass is 944 g/mol. The molecule has 16 nitrogen and oxygen atoms in total. The molecular formula is C52H68N2O14. The molecule has 0 aromatic heterocycles. The molecule has 16 heteroatoms. The van der Waals surface area contributed by atoms with E-state index in [1.54, 1.807) is 7.11 Å². The number of carbonyl (C=O) groups excluding carboxylic acids is 4. The lowest BCUT2D eigenvalue weighted by Gasteiger charge is -2.34. The van der Waals surface area contributed by atoms with E-state index in [0.29, 0.717) is 18.6 Å². The van der Waals surface area contributed by atoms with E-state index in [9.17, 15) is 29.4 Å². The fourth-order valence-electron chi connectivity index (χ4n) is 11.2. The highest BCUT2D eigenvalue weighted by Crippen LogP contribution is 2.54. The van der Waals surface area contributed by atoms with E-state index >= 15 is 0 Å². The summed E-state index contributed by atoms with van der Waals surface area (Å²) in [6.07, 6.45) is 5.26. The molecule has 2 aromatic carbocycles. The van der Waals surface area contributed by atoms with Gasteiger partial charge in [-0.1, -0.05) is 83.2 Å². The molecule has 6 heterocycles. The average Bonchev–Trinajstić information content (AvgIpc) is 4.15. The van der Waals surface area contributed by atoms with Gasteiger partial charge >= 0.3 is 0 Å². The fraction of sp³-hybridized carbons (Fsp3) is 0.615. The highest BCUT2D eigenvalue weighted by atomic mass is 16.7. The van der Waals surface area contributed by atoms with Crippen LogP contribution < -0.4 is 9.47 Å². The number of benzene rings is 2. The number of aliphatic hydroxyl groups is 2. The fourth-order valence-corrected chi connectivity index (χ4v) is 11.2. The molecule has 4 fully saturated rings. The zero-order valence-electron chi connectivity index (χ0n) is 40.5. The van der Waals surface area contributed by atoms with Crippen molar-refractivity contribution in [1.29, 1.82) is 0 Å². The van der Waals surface area contributed by atoms with Crippen LogP contribution in [-0.4, -0.2) is 152 Å². The minimum absolute atomic E-state index is 0.00605. The SMILES string of the molecule is COCC(O)COCC12C=CC(O1)C1C(=O)N(CC(C)(C)CC(C)CCN3C(=O)C4C5C=CC(COCC(O)COc6ccc(C(C)(C)c7ccc(OC(C)OC)cc7)cc6)(O5)C4C3=O)C(=O)C12. The predicted molar refractivity (Wildman–Crippen MR) is 246 cm³/mol. The molecule has 0 saturated carbocycles. The molecule has 0 aliphatic carbocycles. The Kier molecular flexibility index (Phi) is 14.5. The maximum atomic E-state index is 14.0. The average molecular weight is 945 g/mol. The van der Waals surface area contributed by atoms with Crippen LogP contribution in [0.25, 0.3) is 0 Å². The number of methoxy groups -OCH3 is 2. The van der Waals surface area contributed by atoms with Crippen LogP contribution in [0.3, 0.4) is 0 Å². The molecule has 0 radical (unpaired) electrons. The molecule has 12 atom stereocenters. The number of likely N-dealkylation sites (tertiary alicyclic amines) is 2. The number of nitrogens with zero attached hydrogens (tertiary/aromatic N) is 2. The third kappa shape index (κ3) is 9.67. The van der Waals surface area contributed by atoms with Crippen molar-refractivity contribution in [2.75, 3.05) is 67.0 Å². The van der Waals surface area contributed by atoms with E-state index in [4.69, 9.17) is 37.9 Å². The Balaban J connectivity index is 0.784. The van der Waals surface area contributed by atoms with Gasteiger partial charge in [0.15, 0.2) is 6.29 Å². The van der Waals surface area contributed by atoms with E-state index in [2.05, 4.69) is 20.8 Å². The molecule has 4 amide bonds. The number of imide groups is 2. The van der Waals surface area contributed by atoms with Gasteiger partial charge in [0.05, 0.1) is 68.9 Å². The first kappa shape index (κ1) is 49.9. The number of rotatable bonds is 25. The van der Waals surface area contributed by atoms with E-state index < -0.39 is 64.7 Å². The topological polar surface area (TPSA) is 189 Å². The van der Waals surface area contributed by atoms with E-state index in [1.807, 2.05) is 93.6 Å². The summed E-state index contributed by atoms with van der Waals surface area (Å²) >= 11 is 0. The molecule has 2 aromatic rings. The Hall–Kier alpha value is -4.52. The van der Waals surface area contributed by atoms with E-state index in [1.165, 1.54) is 16.9 Å². The maximum absolute atomic E-state index is 14.0. The Morgan fingerprint density at radius 3 is 1.71 bits per heavy atom. The molecule has 6 aliphatic rings. The second-order valence-corrected chi connectivity index (χ2v) is 20.9. The van der Waals surface area contributed by atoms with Crippen molar-refractivity contribution in [3.8, 4) is 11.5 Å². The van der Waals surface area contributed by atoms with Gasteiger partial charge in [-0.2, -0.15) is 0 Å². The Morgan fingerprint density at radius 2 is 1.18 bits per heavy atom. The number of ether oxygens (including phenoxy) is 8. The first-order valence-electron chi connectivity index (χ1n) is 23.8. The Morgan fingerprint density at radius 1 is 0.676 bits per heavy atom. The number of amides is 4. The number of fused-ring (bicyclic) bond motifs is 10. The third-order valence-electron chi connectivity index (χ3n) is 14.7. The van der Waals surface area contributed by atoms with Gasteiger partial charge in [0.25, 0.3) is 0 Å². The van der Waals surface area contributed by atoms with Crippen LogP contribution in [0.4, 0.5) is 0 Å². The highest BCUT2D eigenvalue weighted by molar-refractivity contribution is 6.08. The summed E-state index contributed by atoms with van der Waals surface area (Å²) in [5.74, 6) is -2.44. The van der Waals surface area contributed by atoms with Gasteiger partial charge in [-0.15, -0.1) is 0 Å². The Bertz CT molecular complexity index is 2230. The summed E-state index contributed by atoms with van der Waals surface area (Å²) in [4.78, 5) is 58.2. The maximum Gasteiger partial charge on any atom is 0.236 e. The van der Waals surface area contributed by atoms with Crippen LogP contribution in [0.5, 0.6) is 11.5 Å². The van der Waals surface area contributed by atoms with E-state index in [-0.39, 0.29) is 94.0 Å². The van der Waals surface area contributed by atoms with Gasteiger partial charge in [-0.25, -0.2) is 0 Å². The highest BCUT2D eigenvalue weighted by Gasteiger charge is 2.69. The molecule has 68 heavy (non-hydrogen) atoms. The second-order valence-electron chi connectivity index (χ2n) is 20.9. The third-order valence-corrected chi connectivity index (χ3v) is 14.7. The number of hydrogen-bond acceptors (Lipinski definition) is 14. The summed E-state index contributed by atoms with van der Waals surface area (Å²) in [5.41, 5.74) is -0.745. The summed E-state index contributed by atoms with van der Waals surface area (Å²) in [7, 11) is 3.09. The van der Waals surface area contributed by atoms with Crippen molar-refractivity contribution in [3.63, 3.8) is 0 Å². The largest absolute Gasteiger partial charge is 0.491 e. The van der Waals surface area contributed by atoms with Gasteiger partial charge in [-0.05, 0) is 66.5 Å². The zero-order valence-corrected chi connectivity index (χ0v) is 40.5. The van der Waals surface area contributed by atoms with Gasteiger partial charge < -0.3 is 48.1 Å². The Labute approximate surface area is 398 Å². The quantitative estimate of drug-likeness (QED) is 0.0818. The normalized spacial score (nSPS) is 29.9. The van der Waals surface area contributed by atoms with Crippen LogP contribution in [-0.2, 0) is 53.0 Å². The number of hydrogen-bond donors (Lipinski definition) is 2. The predicted octanol–water partition coefficient (Wildman–Crippen LogP) is 4.22. The number of aliphatic hydroxyl groups excluding tert-OH is 2. The van der Waals surface area contributed by atoms with Gasteiger partial charge in [0, 0.05) is 32.7 Å². The molecule has 8 rings (SSSR count). The molecule has 12 unspecified atom stereocenters. The van der Waals surface area contributed by atoms with Crippen LogP contribution in [0, 0.1) is 35.0 Å². The van der Waals surface area contributed by atoms with Crippen LogP contribution >= 0.6 is 0 Å². The van der Waals surface area contributed by atoms with Crippen molar-refractivity contribution in [2.24, 2.45) is 35.0 Å². The molecule has 6 aliphatic heterocycles.